The zero-order chi connectivity index (χ0) is 16.5. The molecule has 4 nitrogen and oxygen atoms in total. The van der Waals surface area contributed by atoms with Crippen LogP contribution in [0.1, 0.15) is 54.4 Å². The van der Waals surface area contributed by atoms with Crippen LogP contribution in [0.4, 0.5) is 0 Å². The van der Waals surface area contributed by atoms with Crippen LogP contribution in [0.2, 0.25) is 0 Å². The SMILES string of the molecule is C=NC(=O)c1ccc(C2CCCCC2C)c(S(C)(=O)=O)c1Br. The summed E-state index contributed by atoms with van der Waals surface area (Å²) in [5.41, 5.74) is 1.05. The van der Waals surface area contributed by atoms with E-state index in [2.05, 4.69) is 34.6 Å². The van der Waals surface area contributed by atoms with Crippen LogP contribution in [0, 0.1) is 5.92 Å². The van der Waals surface area contributed by atoms with Crippen LogP contribution in [0.3, 0.4) is 0 Å². The highest BCUT2D eigenvalue weighted by atomic mass is 79.9. The molecule has 1 aromatic rings. The molecular formula is C16H20BrNO3S. The van der Waals surface area contributed by atoms with Crippen molar-refractivity contribution >= 4 is 38.4 Å². The van der Waals surface area contributed by atoms with Gasteiger partial charge in [-0.1, -0.05) is 32.3 Å². The van der Waals surface area contributed by atoms with Gasteiger partial charge in [0.1, 0.15) is 0 Å². The molecular weight excluding hydrogens is 366 g/mol. The second-order valence-electron chi connectivity index (χ2n) is 5.95. The average Bonchev–Trinajstić information content (AvgIpc) is 2.45. The summed E-state index contributed by atoms with van der Waals surface area (Å²) in [6.45, 7) is 5.39. The van der Waals surface area contributed by atoms with Gasteiger partial charge in [0, 0.05) is 10.7 Å². The predicted molar refractivity (Wildman–Crippen MR) is 91.5 cm³/mol. The Morgan fingerprint density at radius 3 is 2.50 bits per heavy atom. The molecule has 120 valence electrons. The van der Waals surface area contributed by atoms with E-state index in [0.717, 1.165) is 24.8 Å². The van der Waals surface area contributed by atoms with Crippen molar-refractivity contribution in [2.45, 2.75) is 43.4 Å². The van der Waals surface area contributed by atoms with Gasteiger partial charge in [-0.2, -0.15) is 0 Å². The van der Waals surface area contributed by atoms with Crippen molar-refractivity contribution in [1.82, 2.24) is 0 Å². The number of carbonyl (C=O) groups is 1. The molecule has 6 heteroatoms. The van der Waals surface area contributed by atoms with Crippen molar-refractivity contribution in [2.75, 3.05) is 6.26 Å². The van der Waals surface area contributed by atoms with E-state index in [0.29, 0.717) is 10.4 Å². The van der Waals surface area contributed by atoms with Crippen molar-refractivity contribution in [1.29, 1.82) is 0 Å². The van der Waals surface area contributed by atoms with Crippen LogP contribution in [0.25, 0.3) is 0 Å². The molecule has 0 saturated heterocycles. The lowest BCUT2D eigenvalue weighted by Crippen LogP contribution is -2.18. The Labute approximate surface area is 140 Å². The number of carbonyl (C=O) groups excluding carboxylic acids is 1. The maximum Gasteiger partial charge on any atom is 0.277 e. The molecule has 2 rings (SSSR count). The molecule has 2 unspecified atom stereocenters. The molecule has 22 heavy (non-hydrogen) atoms. The molecule has 1 aromatic carbocycles. The van der Waals surface area contributed by atoms with Crippen LogP contribution in [0.15, 0.2) is 26.5 Å². The lowest BCUT2D eigenvalue weighted by Gasteiger charge is -2.30. The normalized spacial score (nSPS) is 22.3. The minimum absolute atomic E-state index is 0.204. The fourth-order valence-electron chi connectivity index (χ4n) is 3.27. The summed E-state index contributed by atoms with van der Waals surface area (Å²) in [5, 5.41) is 0. The van der Waals surface area contributed by atoms with Crippen LogP contribution < -0.4 is 0 Å². The van der Waals surface area contributed by atoms with Gasteiger partial charge in [0.15, 0.2) is 9.84 Å². The third-order valence-corrected chi connectivity index (χ3v) is 6.65. The van der Waals surface area contributed by atoms with Crippen molar-refractivity contribution in [3.8, 4) is 0 Å². The highest BCUT2D eigenvalue weighted by molar-refractivity contribution is 9.10. The number of nitrogens with zero attached hydrogens (tertiary/aromatic N) is 1. The lowest BCUT2D eigenvalue weighted by molar-refractivity contribution is 0.100. The largest absolute Gasteiger partial charge is 0.277 e. The third-order valence-electron chi connectivity index (χ3n) is 4.38. The standard InChI is InChI=1S/C16H20BrNO3S/c1-10-6-4-5-7-11(10)12-8-9-13(16(19)18-2)14(17)15(12)22(3,20)21/h8-11H,2,4-7H2,1,3H3. The molecule has 1 fully saturated rings. The number of hydrogen-bond acceptors (Lipinski definition) is 3. The summed E-state index contributed by atoms with van der Waals surface area (Å²) in [6.07, 6.45) is 5.54. The van der Waals surface area contributed by atoms with Crippen molar-refractivity contribution in [3.05, 3.63) is 27.7 Å². The predicted octanol–water partition coefficient (Wildman–Crippen LogP) is 3.99. The molecule has 0 aromatic heterocycles. The van der Waals surface area contributed by atoms with Crippen molar-refractivity contribution in [2.24, 2.45) is 10.9 Å². The second-order valence-corrected chi connectivity index (χ2v) is 8.69. The van der Waals surface area contributed by atoms with Crippen LogP contribution >= 0.6 is 15.9 Å². The van der Waals surface area contributed by atoms with Gasteiger partial charge in [0.25, 0.3) is 5.91 Å². The Balaban J connectivity index is 2.67. The van der Waals surface area contributed by atoms with E-state index in [9.17, 15) is 13.2 Å². The topological polar surface area (TPSA) is 63.6 Å². The third kappa shape index (κ3) is 3.33. The molecule has 1 aliphatic carbocycles. The Morgan fingerprint density at radius 2 is 1.95 bits per heavy atom. The minimum Gasteiger partial charge on any atom is -0.267 e. The number of aliphatic imine (C=N–C) groups is 1. The van der Waals surface area contributed by atoms with Crippen LogP contribution in [-0.4, -0.2) is 27.3 Å². The first kappa shape index (κ1) is 17.3. The summed E-state index contributed by atoms with van der Waals surface area (Å²) >= 11 is 3.31. The zero-order valence-corrected chi connectivity index (χ0v) is 15.2. The number of rotatable bonds is 3. The molecule has 0 spiro atoms. The van der Waals surface area contributed by atoms with Crippen molar-refractivity contribution < 1.29 is 13.2 Å². The number of amides is 1. The first-order valence-corrected chi connectivity index (χ1v) is 9.99. The van der Waals surface area contributed by atoms with Gasteiger partial charge in [0.2, 0.25) is 0 Å². The molecule has 2 atom stereocenters. The quantitative estimate of drug-likeness (QED) is 0.738. The monoisotopic (exact) mass is 385 g/mol. The van der Waals surface area contributed by atoms with E-state index in [1.165, 1.54) is 12.7 Å². The van der Waals surface area contributed by atoms with Crippen LogP contribution in [0.5, 0.6) is 0 Å². The lowest BCUT2D eigenvalue weighted by atomic mass is 9.76. The number of sulfone groups is 1. The summed E-state index contributed by atoms with van der Waals surface area (Å²) < 4.78 is 24.9. The van der Waals surface area contributed by atoms with Crippen molar-refractivity contribution in [3.63, 3.8) is 0 Å². The van der Waals surface area contributed by atoms with Gasteiger partial charge in [-0.3, -0.25) is 4.79 Å². The van der Waals surface area contributed by atoms with Crippen LogP contribution in [-0.2, 0) is 9.84 Å². The van der Waals surface area contributed by atoms with E-state index in [1.807, 2.05) is 0 Å². The average molecular weight is 386 g/mol. The molecule has 0 aliphatic heterocycles. The van der Waals surface area contributed by atoms with E-state index in [1.54, 1.807) is 12.1 Å². The van der Waals surface area contributed by atoms with Gasteiger partial charge < -0.3 is 0 Å². The summed E-state index contributed by atoms with van der Waals surface area (Å²) in [4.78, 5) is 15.4. The number of hydrogen-bond donors (Lipinski definition) is 0. The van der Waals surface area contributed by atoms with Gasteiger partial charge in [-0.05, 0) is 52.5 Å². The fourth-order valence-corrected chi connectivity index (χ4v) is 5.76. The van der Waals surface area contributed by atoms with E-state index in [-0.39, 0.29) is 16.4 Å². The summed E-state index contributed by atoms with van der Waals surface area (Å²) in [7, 11) is -3.46. The highest BCUT2D eigenvalue weighted by Crippen LogP contribution is 2.42. The molecule has 0 N–H and O–H groups in total. The van der Waals surface area contributed by atoms with E-state index >= 15 is 0 Å². The van der Waals surface area contributed by atoms with E-state index in [4.69, 9.17) is 0 Å². The van der Waals surface area contributed by atoms with Gasteiger partial charge in [-0.25, -0.2) is 13.4 Å². The minimum atomic E-state index is -3.46. The first-order valence-electron chi connectivity index (χ1n) is 7.31. The fraction of sp³-hybridized carbons (Fsp3) is 0.500. The number of halogens is 1. The van der Waals surface area contributed by atoms with Gasteiger partial charge in [-0.15, -0.1) is 0 Å². The summed E-state index contributed by atoms with van der Waals surface area (Å²) in [6, 6.07) is 3.42. The Morgan fingerprint density at radius 1 is 1.32 bits per heavy atom. The van der Waals surface area contributed by atoms with E-state index < -0.39 is 15.7 Å². The Kier molecular flexibility index (Phi) is 5.22. The molecule has 0 radical (unpaired) electrons. The highest BCUT2D eigenvalue weighted by Gasteiger charge is 2.30. The van der Waals surface area contributed by atoms with Gasteiger partial charge >= 0.3 is 0 Å². The molecule has 0 heterocycles. The number of benzene rings is 1. The smallest absolute Gasteiger partial charge is 0.267 e. The van der Waals surface area contributed by atoms with Gasteiger partial charge in [0.05, 0.1) is 10.5 Å². The zero-order valence-electron chi connectivity index (χ0n) is 12.8. The molecule has 0 bridgehead atoms. The molecule has 1 saturated carbocycles. The first-order chi connectivity index (χ1) is 10.3. The second kappa shape index (κ2) is 6.62. The maximum absolute atomic E-state index is 12.3. The summed E-state index contributed by atoms with van der Waals surface area (Å²) in [5.74, 6) is 0.107. The molecule has 1 aliphatic rings. The molecule has 1 amide bonds. The Hall–Kier alpha value is -1.01. The Bertz CT molecular complexity index is 712. The maximum atomic E-state index is 12.3.